The molecule has 1 heterocycles. The first-order valence-electron chi connectivity index (χ1n) is 7.78. The van der Waals surface area contributed by atoms with Gasteiger partial charge in [0, 0.05) is 11.3 Å². The molecule has 27 heavy (non-hydrogen) atoms. The standard InChI is InChI=1S/C17H15FN6O2S/c18-12-5-7-13(8-6-12)20-15(26)10-27-17-21-16(23-24-17)22-19-9-11-3-1-2-4-14(11)25/h1-9,25H,10H2,(H,20,26)(H2,21,22,23,24)/b19-9+. The number of carbonyl (C=O) groups is 1. The summed E-state index contributed by atoms with van der Waals surface area (Å²) in [5.74, 6) is -0.126. The summed E-state index contributed by atoms with van der Waals surface area (Å²) in [7, 11) is 0. The summed E-state index contributed by atoms with van der Waals surface area (Å²) >= 11 is 1.13. The molecule has 0 aliphatic heterocycles. The zero-order valence-corrected chi connectivity index (χ0v) is 14.7. The Morgan fingerprint density at radius 2 is 2.04 bits per heavy atom. The number of H-pyrrole nitrogens is 1. The number of nitrogens with zero attached hydrogens (tertiary/aromatic N) is 3. The van der Waals surface area contributed by atoms with Crippen molar-refractivity contribution in [3.63, 3.8) is 0 Å². The number of hydrazone groups is 1. The number of para-hydroxylation sites is 1. The zero-order valence-electron chi connectivity index (χ0n) is 13.9. The number of benzene rings is 2. The summed E-state index contributed by atoms with van der Waals surface area (Å²) in [6, 6.07) is 12.3. The highest BCUT2D eigenvalue weighted by atomic mass is 32.2. The van der Waals surface area contributed by atoms with E-state index in [4.69, 9.17) is 0 Å². The topological polar surface area (TPSA) is 115 Å². The lowest BCUT2D eigenvalue weighted by Gasteiger charge is -2.03. The summed E-state index contributed by atoms with van der Waals surface area (Å²) in [5, 5.41) is 23.2. The lowest BCUT2D eigenvalue weighted by atomic mass is 10.2. The van der Waals surface area contributed by atoms with Gasteiger partial charge in [-0.05, 0) is 36.4 Å². The van der Waals surface area contributed by atoms with Crippen LogP contribution in [0.5, 0.6) is 5.75 Å². The first-order valence-corrected chi connectivity index (χ1v) is 8.76. The molecule has 0 atom stereocenters. The van der Waals surface area contributed by atoms with Crippen molar-refractivity contribution in [2.75, 3.05) is 16.5 Å². The highest BCUT2D eigenvalue weighted by molar-refractivity contribution is 7.99. The van der Waals surface area contributed by atoms with Crippen LogP contribution in [0.3, 0.4) is 0 Å². The fourth-order valence-corrected chi connectivity index (χ4v) is 2.58. The Bertz CT molecular complexity index is 945. The molecule has 0 aliphatic carbocycles. The van der Waals surface area contributed by atoms with Gasteiger partial charge in [-0.25, -0.2) is 14.9 Å². The number of nitrogens with one attached hydrogen (secondary N) is 3. The van der Waals surface area contributed by atoms with Crippen molar-refractivity contribution in [2.24, 2.45) is 5.10 Å². The highest BCUT2D eigenvalue weighted by Crippen LogP contribution is 2.16. The quantitative estimate of drug-likeness (QED) is 0.282. The van der Waals surface area contributed by atoms with E-state index in [9.17, 15) is 14.3 Å². The maximum atomic E-state index is 12.8. The second-order valence-electron chi connectivity index (χ2n) is 5.24. The van der Waals surface area contributed by atoms with Gasteiger partial charge in [0.2, 0.25) is 17.0 Å². The molecule has 10 heteroatoms. The predicted molar refractivity (Wildman–Crippen MR) is 101 cm³/mol. The van der Waals surface area contributed by atoms with E-state index in [0.717, 1.165) is 11.8 Å². The molecule has 1 amide bonds. The molecule has 3 aromatic rings. The van der Waals surface area contributed by atoms with Crippen molar-refractivity contribution >= 4 is 35.5 Å². The molecule has 0 radical (unpaired) electrons. The predicted octanol–water partition coefficient (Wildman–Crippen LogP) is 2.83. The van der Waals surface area contributed by atoms with E-state index in [2.05, 4.69) is 31.0 Å². The Labute approximate surface area is 157 Å². The van der Waals surface area contributed by atoms with E-state index in [1.807, 2.05) is 0 Å². The van der Waals surface area contributed by atoms with Crippen molar-refractivity contribution in [3.05, 3.63) is 59.9 Å². The number of aromatic hydroxyl groups is 1. The molecule has 0 bridgehead atoms. The van der Waals surface area contributed by atoms with Crippen LogP contribution < -0.4 is 10.7 Å². The largest absolute Gasteiger partial charge is 0.507 e. The number of carbonyl (C=O) groups excluding carboxylic acids is 1. The molecule has 2 aromatic carbocycles. The van der Waals surface area contributed by atoms with Crippen LogP contribution >= 0.6 is 11.8 Å². The van der Waals surface area contributed by atoms with Crippen molar-refractivity contribution in [3.8, 4) is 5.75 Å². The Kier molecular flexibility index (Phi) is 6.00. The van der Waals surface area contributed by atoms with Gasteiger partial charge in [0.25, 0.3) is 0 Å². The fourth-order valence-electron chi connectivity index (χ4n) is 1.98. The van der Waals surface area contributed by atoms with Gasteiger partial charge in [-0.2, -0.15) is 10.1 Å². The van der Waals surface area contributed by atoms with Crippen molar-refractivity contribution in [1.29, 1.82) is 0 Å². The summed E-state index contributed by atoms with van der Waals surface area (Å²) in [6.45, 7) is 0. The summed E-state index contributed by atoms with van der Waals surface area (Å²) < 4.78 is 12.8. The molecule has 0 aliphatic rings. The molecule has 0 unspecified atom stereocenters. The third-order valence-corrected chi connectivity index (χ3v) is 4.08. The highest BCUT2D eigenvalue weighted by Gasteiger charge is 2.08. The number of phenolic OH excluding ortho intramolecular Hbond substituents is 1. The first-order chi connectivity index (χ1) is 13.1. The van der Waals surface area contributed by atoms with E-state index >= 15 is 0 Å². The first kappa shape index (κ1) is 18.4. The number of rotatable bonds is 7. The van der Waals surface area contributed by atoms with Crippen molar-refractivity contribution < 1.29 is 14.3 Å². The van der Waals surface area contributed by atoms with Crippen LogP contribution in [0.1, 0.15) is 5.56 Å². The number of hydrogen-bond acceptors (Lipinski definition) is 7. The van der Waals surface area contributed by atoms with Gasteiger partial charge in [0.1, 0.15) is 11.6 Å². The molecule has 0 fully saturated rings. The van der Waals surface area contributed by atoms with Crippen LogP contribution in [0.2, 0.25) is 0 Å². The summed E-state index contributed by atoms with van der Waals surface area (Å²) in [5.41, 5.74) is 3.72. The van der Waals surface area contributed by atoms with E-state index in [1.165, 1.54) is 30.5 Å². The Hall–Kier alpha value is -3.40. The minimum atomic E-state index is -0.367. The lowest BCUT2D eigenvalue weighted by molar-refractivity contribution is -0.113. The Morgan fingerprint density at radius 1 is 1.26 bits per heavy atom. The number of hydrogen-bond donors (Lipinski definition) is 4. The molecule has 3 rings (SSSR count). The van der Waals surface area contributed by atoms with Gasteiger partial charge < -0.3 is 10.4 Å². The molecule has 138 valence electrons. The number of halogens is 1. The van der Waals surface area contributed by atoms with Crippen LogP contribution in [0.4, 0.5) is 16.0 Å². The maximum absolute atomic E-state index is 12.8. The number of aromatic amines is 1. The van der Waals surface area contributed by atoms with Gasteiger partial charge in [0.15, 0.2) is 0 Å². The SMILES string of the molecule is O=C(CSc1n[nH]c(N/N=C/c2ccccc2O)n1)Nc1ccc(F)cc1. The smallest absolute Gasteiger partial charge is 0.240 e. The van der Waals surface area contributed by atoms with E-state index in [-0.39, 0.29) is 23.2 Å². The second-order valence-corrected chi connectivity index (χ2v) is 6.18. The monoisotopic (exact) mass is 386 g/mol. The molecular formula is C17H15FN6O2S. The van der Waals surface area contributed by atoms with Crippen LogP contribution in [0, 0.1) is 5.82 Å². The Morgan fingerprint density at radius 3 is 2.81 bits per heavy atom. The van der Waals surface area contributed by atoms with Crippen molar-refractivity contribution in [2.45, 2.75) is 5.16 Å². The number of anilines is 2. The van der Waals surface area contributed by atoms with E-state index < -0.39 is 0 Å². The average Bonchev–Trinajstić information content (AvgIpc) is 3.11. The molecule has 1 aromatic heterocycles. The van der Waals surface area contributed by atoms with Gasteiger partial charge >= 0.3 is 0 Å². The molecule has 0 saturated heterocycles. The number of amides is 1. The fraction of sp³-hybridized carbons (Fsp3) is 0.0588. The van der Waals surface area contributed by atoms with E-state index in [1.54, 1.807) is 24.3 Å². The zero-order chi connectivity index (χ0) is 19.1. The second kappa shape index (κ2) is 8.81. The van der Waals surface area contributed by atoms with Gasteiger partial charge in [-0.3, -0.25) is 4.79 Å². The third kappa shape index (κ3) is 5.54. The third-order valence-electron chi connectivity index (χ3n) is 3.24. The van der Waals surface area contributed by atoms with Crippen LogP contribution in [0.25, 0.3) is 0 Å². The lowest BCUT2D eigenvalue weighted by Crippen LogP contribution is -2.14. The average molecular weight is 386 g/mol. The molecule has 8 nitrogen and oxygen atoms in total. The molecule has 0 spiro atoms. The molecule has 4 N–H and O–H groups in total. The van der Waals surface area contributed by atoms with E-state index in [0.29, 0.717) is 22.4 Å². The summed E-state index contributed by atoms with van der Waals surface area (Å²) in [4.78, 5) is 16.0. The van der Waals surface area contributed by atoms with Crippen LogP contribution in [-0.2, 0) is 4.79 Å². The van der Waals surface area contributed by atoms with Gasteiger partial charge in [-0.15, -0.1) is 5.10 Å². The molecule has 0 saturated carbocycles. The maximum Gasteiger partial charge on any atom is 0.240 e. The number of aromatic nitrogens is 3. The van der Waals surface area contributed by atoms with Crippen molar-refractivity contribution in [1.82, 2.24) is 15.2 Å². The van der Waals surface area contributed by atoms with Crippen LogP contribution in [-0.4, -0.2) is 38.2 Å². The number of phenols is 1. The van der Waals surface area contributed by atoms with Gasteiger partial charge in [-0.1, -0.05) is 23.9 Å². The number of thioether (sulfide) groups is 1. The molecular weight excluding hydrogens is 371 g/mol. The van der Waals surface area contributed by atoms with Crippen LogP contribution in [0.15, 0.2) is 58.8 Å². The summed E-state index contributed by atoms with van der Waals surface area (Å²) in [6.07, 6.45) is 1.45. The Balaban J connectivity index is 1.47. The minimum absolute atomic E-state index is 0.0931. The minimum Gasteiger partial charge on any atom is -0.507 e. The van der Waals surface area contributed by atoms with Gasteiger partial charge in [0.05, 0.1) is 12.0 Å². The normalized spacial score (nSPS) is 10.9.